The van der Waals surface area contributed by atoms with Crippen LogP contribution in [0.5, 0.6) is 0 Å². The van der Waals surface area contributed by atoms with Gasteiger partial charge in [0.05, 0.1) is 5.69 Å². The number of aryl methyl sites for hydroxylation is 1. The highest BCUT2D eigenvalue weighted by molar-refractivity contribution is 7.94. The number of nitrogens with zero attached hydrogens (tertiary/aromatic N) is 2. The van der Waals surface area contributed by atoms with Crippen molar-refractivity contribution in [3.63, 3.8) is 0 Å². The van der Waals surface area contributed by atoms with E-state index in [4.69, 9.17) is 0 Å². The number of thiazole rings is 1. The average molecular weight is 548 g/mol. The van der Waals surface area contributed by atoms with Gasteiger partial charge >= 0.3 is 0 Å². The summed E-state index contributed by atoms with van der Waals surface area (Å²) >= 11 is 2.62. The van der Waals surface area contributed by atoms with Crippen molar-refractivity contribution in [2.24, 2.45) is 0 Å². The molecule has 5 rings (SSSR count). The van der Waals surface area contributed by atoms with Crippen LogP contribution in [0.25, 0.3) is 11.3 Å². The quantitative estimate of drug-likeness (QED) is 0.208. The van der Waals surface area contributed by atoms with Gasteiger partial charge in [0.15, 0.2) is 5.13 Å². The summed E-state index contributed by atoms with van der Waals surface area (Å²) in [6.45, 7) is 1.97. The third-order valence-electron chi connectivity index (χ3n) is 5.36. The summed E-state index contributed by atoms with van der Waals surface area (Å²) in [5, 5.41) is 10.6. The van der Waals surface area contributed by atoms with E-state index in [0.29, 0.717) is 16.9 Å². The van der Waals surface area contributed by atoms with Crippen molar-refractivity contribution in [2.75, 3.05) is 15.4 Å². The minimum Gasteiger partial charge on any atom is -0.331 e. The number of anilines is 4. The maximum atomic E-state index is 12.8. The number of sulfonamides is 1. The number of hydrogen-bond acceptors (Lipinski definition) is 8. The Morgan fingerprint density at radius 1 is 0.946 bits per heavy atom. The summed E-state index contributed by atoms with van der Waals surface area (Å²) in [5.41, 5.74) is 4.99. The minimum atomic E-state index is -3.65. The van der Waals surface area contributed by atoms with Crippen LogP contribution in [0.2, 0.25) is 0 Å². The van der Waals surface area contributed by atoms with Gasteiger partial charge in [-0.05, 0) is 72.5 Å². The number of carbonyl (C=O) groups is 1. The highest BCUT2D eigenvalue weighted by atomic mass is 32.2. The summed E-state index contributed by atoms with van der Waals surface area (Å²) in [6, 6.07) is 18.9. The Labute approximate surface area is 222 Å². The van der Waals surface area contributed by atoms with Gasteiger partial charge < -0.3 is 10.6 Å². The van der Waals surface area contributed by atoms with Crippen molar-refractivity contribution in [3.8, 4) is 11.3 Å². The molecule has 0 saturated heterocycles. The smallest absolute Gasteiger partial charge is 0.271 e. The van der Waals surface area contributed by atoms with Crippen LogP contribution in [-0.4, -0.2) is 24.3 Å². The summed E-state index contributed by atoms with van der Waals surface area (Å²) in [6.07, 6.45) is 3.49. The van der Waals surface area contributed by atoms with E-state index < -0.39 is 10.0 Å². The summed E-state index contributed by atoms with van der Waals surface area (Å²) in [5.74, 6) is -0.310. The molecule has 11 heteroatoms. The predicted molar refractivity (Wildman–Crippen MR) is 149 cm³/mol. The fourth-order valence-electron chi connectivity index (χ4n) is 3.44. The molecule has 37 heavy (non-hydrogen) atoms. The van der Waals surface area contributed by atoms with E-state index in [-0.39, 0.29) is 10.1 Å². The highest BCUT2D eigenvalue weighted by Crippen LogP contribution is 2.29. The van der Waals surface area contributed by atoms with Crippen LogP contribution in [-0.2, 0) is 10.0 Å². The van der Waals surface area contributed by atoms with Gasteiger partial charge in [-0.3, -0.25) is 14.5 Å². The lowest BCUT2D eigenvalue weighted by Gasteiger charge is -2.11. The molecule has 0 aliphatic carbocycles. The molecule has 8 nitrogen and oxygen atoms in total. The lowest BCUT2D eigenvalue weighted by Crippen LogP contribution is -2.13. The first-order valence-corrected chi connectivity index (χ1v) is 14.3. The Kier molecular flexibility index (Phi) is 6.99. The molecule has 3 N–H and O–H groups in total. The van der Waals surface area contributed by atoms with E-state index in [1.54, 1.807) is 48.1 Å². The first-order valence-electron chi connectivity index (χ1n) is 11.1. The predicted octanol–water partition coefficient (Wildman–Crippen LogP) is 6.37. The molecule has 0 radical (unpaired) electrons. The fraction of sp³-hybridized carbons (Fsp3) is 0.0385. The van der Waals surface area contributed by atoms with Crippen LogP contribution in [0.4, 0.5) is 22.2 Å². The normalized spacial score (nSPS) is 11.2. The van der Waals surface area contributed by atoms with Gasteiger partial charge in [-0.2, -0.15) is 0 Å². The molecular formula is C26H21N5O3S3. The number of carbonyl (C=O) groups excluding carboxylic acids is 1. The first-order chi connectivity index (χ1) is 17.9. The number of amides is 1. The highest BCUT2D eigenvalue weighted by Gasteiger charge is 2.16. The molecule has 2 aromatic carbocycles. The van der Waals surface area contributed by atoms with E-state index >= 15 is 0 Å². The maximum absolute atomic E-state index is 12.8. The Morgan fingerprint density at radius 3 is 2.49 bits per heavy atom. The third-order valence-corrected chi connectivity index (χ3v) is 8.89. The van der Waals surface area contributed by atoms with Crippen LogP contribution >= 0.6 is 22.7 Å². The lowest BCUT2D eigenvalue weighted by molar-refractivity contribution is 0.102. The number of nitrogens with one attached hydrogen (secondary N) is 3. The molecule has 186 valence electrons. The lowest BCUT2D eigenvalue weighted by atomic mass is 10.1. The van der Waals surface area contributed by atoms with Crippen molar-refractivity contribution in [1.82, 2.24) is 9.97 Å². The number of thiophene rings is 1. The molecule has 0 unspecified atom stereocenters. The van der Waals surface area contributed by atoms with E-state index in [2.05, 4.69) is 25.3 Å². The summed E-state index contributed by atoms with van der Waals surface area (Å²) in [4.78, 5) is 21.6. The maximum Gasteiger partial charge on any atom is 0.271 e. The molecule has 0 bridgehead atoms. The molecule has 3 heterocycles. The standard InChI is InChI=1S/C26H21N5O3S3/c1-17-6-9-21(14-22(17)29-26-30-23(16-36-26)19-4-2-12-27-15-19)28-25(32)18-7-10-20(11-8-18)31-37(33,34)24-5-3-13-35-24/h2-16,31H,1H3,(H,28,32)(H,29,30). The number of hydrogen-bond donors (Lipinski definition) is 3. The van der Waals surface area contributed by atoms with Crippen molar-refractivity contribution in [2.45, 2.75) is 11.1 Å². The molecule has 0 spiro atoms. The Bertz CT molecular complexity index is 1630. The van der Waals surface area contributed by atoms with E-state index in [0.717, 1.165) is 39.0 Å². The van der Waals surface area contributed by atoms with Gasteiger partial charge in [-0.25, -0.2) is 13.4 Å². The molecule has 3 aromatic heterocycles. The topological polar surface area (TPSA) is 113 Å². The van der Waals surface area contributed by atoms with Crippen LogP contribution in [0.15, 0.2) is 94.1 Å². The fourth-order valence-corrected chi connectivity index (χ4v) is 6.23. The molecule has 5 aromatic rings. The van der Waals surface area contributed by atoms with Crippen LogP contribution in [0, 0.1) is 6.92 Å². The molecule has 0 fully saturated rings. The SMILES string of the molecule is Cc1ccc(NC(=O)c2ccc(NS(=O)(=O)c3cccs3)cc2)cc1Nc1nc(-c2cccnc2)cs1. The van der Waals surface area contributed by atoms with Crippen LogP contribution in [0.1, 0.15) is 15.9 Å². The largest absolute Gasteiger partial charge is 0.331 e. The summed E-state index contributed by atoms with van der Waals surface area (Å²) in [7, 11) is -3.65. The monoisotopic (exact) mass is 547 g/mol. The minimum absolute atomic E-state index is 0.226. The number of pyridine rings is 1. The van der Waals surface area contributed by atoms with E-state index in [1.165, 1.54) is 17.4 Å². The number of aromatic nitrogens is 2. The van der Waals surface area contributed by atoms with E-state index in [1.807, 2.05) is 42.6 Å². The van der Waals surface area contributed by atoms with Gasteiger partial charge in [0.1, 0.15) is 4.21 Å². The zero-order chi connectivity index (χ0) is 25.8. The van der Waals surface area contributed by atoms with Gasteiger partial charge in [0.25, 0.3) is 15.9 Å². The second-order valence-corrected chi connectivity index (χ2v) is 11.7. The molecule has 1 amide bonds. The van der Waals surface area contributed by atoms with Gasteiger partial charge in [0, 0.05) is 46.0 Å². The zero-order valence-electron chi connectivity index (χ0n) is 19.5. The molecule has 0 atom stereocenters. The Hall–Kier alpha value is -4.06. The van der Waals surface area contributed by atoms with Crippen molar-refractivity contribution < 1.29 is 13.2 Å². The summed E-state index contributed by atoms with van der Waals surface area (Å²) < 4.78 is 27.5. The molecular weight excluding hydrogens is 527 g/mol. The second-order valence-electron chi connectivity index (χ2n) is 8.00. The zero-order valence-corrected chi connectivity index (χ0v) is 22.0. The number of benzene rings is 2. The van der Waals surface area contributed by atoms with Gasteiger partial charge in [0.2, 0.25) is 0 Å². The van der Waals surface area contributed by atoms with Crippen LogP contribution < -0.4 is 15.4 Å². The van der Waals surface area contributed by atoms with Crippen molar-refractivity contribution >= 4 is 60.8 Å². The first kappa shape index (κ1) is 24.6. The Morgan fingerprint density at radius 2 is 1.76 bits per heavy atom. The molecule has 0 aliphatic heterocycles. The van der Waals surface area contributed by atoms with Crippen LogP contribution in [0.3, 0.4) is 0 Å². The van der Waals surface area contributed by atoms with Crippen molar-refractivity contribution in [3.05, 3.63) is 101 Å². The molecule has 0 saturated carbocycles. The van der Waals surface area contributed by atoms with Gasteiger partial charge in [-0.1, -0.05) is 12.1 Å². The Balaban J connectivity index is 1.26. The second kappa shape index (κ2) is 10.5. The van der Waals surface area contributed by atoms with E-state index in [9.17, 15) is 13.2 Å². The van der Waals surface area contributed by atoms with Crippen molar-refractivity contribution in [1.29, 1.82) is 0 Å². The van der Waals surface area contributed by atoms with Gasteiger partial charge in [-0.15, -0.1) is 22.7 Å². The molecule has 0 aliphatic rings. The third kappa shape index (κ3) is 5.85. The average Bonchev–Trinajstić information content (AvgIpc) is 3.60. The number of rotatable bonds is 8.